The third-order valence-electron chi connectivity index (χ3n) is 4.23. The average Bonchev–Trinajstić information content (AvgIpc) is 2.99. The number of hydrogen-bond donors (Lipinski definition) is 2. The molecule has 1 heterocycles. The van der Waals surface area contributed by atoms with Crippen molar-refractivity contribution in [2.24, 2.45) is 5.92 Å². The monoisotopic (exact) mass is 325 g/mol. The smallest absolute Gasteiger partial charge is 0.221 e. The molecule has 6 heteroatoms. The summed E-state index contributed by atoms with van der Waals surface area (Å²) < 4.78 is 0. The molecule has 0 aromatic rings. The van der Waals surface area contributed by atoms with Crippen molar-refractivity contribution in [2.45, 2.75) is 44.6 Å². The third kappa shape index (κ3) is 6.61. The number of amides is 1. The van der Waals surface area contributed by atoms with Gasteiger partial charge in [0.25, 0.3) is 0 Å². The van der Waals surface area contributed by atoms with E-state index in [0.29, 0.717) is 12.5 Å². The van der Waals surface area contributed by atoms with Crippen molar-refractivity contribution < 1.29 is 4.79 Å². The Labute approximate surface area is 135 Å². The van der Waals surface area contributed by atoms with Crippen LogP contribution in [0.1, 0.15) is 38.5 Å². The van der Waals surface area contributed by atoms with Crippen LogP contribution < -0.4 is 10.6 Å². The van der Waals surface area contributed by atoms with Gasteiger partial charge in [0, 0.05) is 38.6 Å². The SMILES string of the molecule is CNCCC(=O)NC1CCN(CC2CCCC2)C1.Cl.Cl. The molecule has 1 amide bonds. The zero-order chi connectivity index (χ0) is 12.8. The van der Waals surface area contributed by atoms with Gasteiger partial charge < -0.3 is 15.5 Å². The van der Waals surface area contributed by atoms with Crippen LogP contribution in [0.25, 0.3) is 0 Å². The molecule has 0 radical (unpaired) electrons. The molecule has 0 aromatic carbocycles. The zero-order valence-electron chi connectivity index (χ0n) is 12.4. The molecule has 0 spiro atoms. The number of likely N-dealkylation sites (tertiary alicyclic amines) is 1. The Morgan fingerprint density at radius 1 is 1.20 bits per heavy atom. The van der Waals surface area contributed by atoms with E-state index in [4.69, 9.17) is 0 Å². The van der Waals surface area contributed by atoms with Gasteiger partial charge in [-0.25, -0.2) is 0 Å². The van der Waals surface area contributed by atoms with Gasteiger partial charge in [0.15, 0.2) is 0 Å². The van der Waals surface area contributed by atoms with Crippen LogP contribution in [0.3, 0.4) is 0 Å². The molecule has 120 valence electrons. The lowest BCUT2D eigenvalue weighted by molar-refractivity contribution is -0.121. The number of carbonyl (C=O) groups excluding carboxylic acids is 1. The lowest BCUT2D eigenvalue weighted by atomic mass is 10.1. The summed E-state index contributed by atoms with van der Waals surface area (Å²) in [4.78, 5) is 14.2. The van der Waals surface area contributed by atoms with E-state index >= 15 is 0 Å². The first-order valence-corrected chi connectivity index (χ1v) is 7.44. The van der Waals surface area contributed by atoms with E-state index in [0.717, 1.165) is 32.0 Å². The van der Waals surface area contributed by atoms with Crippen LogP contribution in [0.2, 0.25) is 0 Å². The van der Waals surface area contributed by atoms with Gasteiger partial charge in [-0.3, -0.25) is 4.79 Å². The predicted octanol–water partition coefficient (Wildman–Crippen LogP) is 1.82. The molecule has 2 N–H and O–H groups in total. The first kappa shape index (κ1) is 20.0. The van der Waals surface area contributed by atoms with Crippen LogP contribution >= 0.6 is 24.8 Å². The van der Waals surface area contributed by atoms with Crippen LogP contribution in [-0.4, -0.2) is 50.1 Å². The fraction of sp³-hybridized carbons (Fsp3) is 0.929. The summed E-state index contributed by atoms with van der Waals surface area (Å²) in [6.07, 6.45) is 7.38. The second kappa shape index (κ2) is 10.7. The first-order chi connectivity index (χ1) is 8.78. The summed E-state index contributed by atoms with van der Waals surface area (Å²) >= 11 is 0. The van der Waals surface area contributed by atoms with Crippen molar-refractivity contribution in [1.82, 2.24) is 15.5 Å². The maximum atomic E-state index is 11.6. The number of hydrogen-bond acceptors (Lipinski definition) is 3. The van der Waals surface area contributed by atoms with E-state index < -0.39 is 0 Å². The van der Waals surface area contributed by atoms with E-state index in [1.165, 1.54) is 32.2 Å². The summed E-state index contributed by atoms with van der Waals surface area (Å²) in [5.74, 6) is 1.11. The first-order valence-electron chi connectivity index (χ1n) is 7.44. The molecular formula is C14H29Cl2N3O. The number of carbonyl (C=O) groups is 1. The zero-order valence-corrected chi connectivity index (χ0v) is 14.0. The van der Waals surface area contributed by atoms with E-state index in [9.17, 15) is 4.79 Å². The van der Waals surface area contributed by atoms with Crippen molar-refractivity contribution in [3.63, 3.8) is 0 Å². The molecule has 1 atom stereocenters. The van der Waals surface area contributed by atoms with Gasteiger partial charge >= 0.3 is 0 Å². The highest BCUT2D eigenvalue weighted by atomic mass is 35.5. The normalized spacial score (nSPS) is 23.1. The molecule has 4 nitrogen and oxygen atoms in total. The van der Waals surface area contributed by atoms with Crippen molar-refractivity contribution in [3.8, 4) is 0 Å². The molecule has 1 saturated heterocycles. The molecule has 1 saturated carbocycles. The highest BCUT2D eigenvalue weighted by Crippen LogP contribution is 2.26. The standard InChI is InChI=1S/C14H27N3O.2ClH/c1-15-8-6-14(18)16-13-7-9-17(11-13)10-12-4-2-3-5-12;;/h12-13,15H,2-11H2,1H3,(H,16,18);2*1H. The van der Waals surface area contributed by atoms with Gasteiger partial charge in [-0.1, -0.05) is 12.8 Å². The highest BCUT2D eigenvalue weighted by molar-refractivity contribution is 5.85. The Morgan fingerprint density at radius 2 is 1.90 bits per heavy atom. The lowest BCUT2D eigenvalue weighted by Gasteiger charge is -2.20. The highest BCUT2D eigenvalue weighted by Gasteiger charge is 2.26. The predicted molar refractivity (Wildman–Crippen MR) is 88.0 cm³/mol. The largest absolute Gasteiger partial charge is 0.352 e. The second-order valence-electron chi connectivity index (χ2n) is 5.82. The molecule has 0 aromatic heterocycles. The van der Waals surface area contributed by atoms with Gasteiger partial charge in [0.05, 0.1) is 0 Å². The molecule has 0 bridgehead atoms. The van der Waals surface area contributed by atoms with Crippen LogP contribution in [0.5, 0.6) is 0 Å². The summed E-state index contributed by atoms with van der Waals surface area (Å²) in [7, 11) is 1.88. The summed E-state index contributed by atoms with van der Waals surface area (Å²) in [5, 5.41) is 6.16. The number of nitrogens with zero attached hydrogens (tertiary/aromatic N) is 1. The molecular weight excluding hydrogens is 297 g/mol. The fourth-order valence-corrected chi connectivity index (χ4v) is 3.21. The minimum Gasteiger partial charge on any atom is -0.352 e. The summed E-state index contributed by atoms with van der Waals surface area (Å²) in [6, 6.07) is 0.385. The Morgan fingerprint density at radius 3 is 2.55 bits per heavy atom. The Hall–Kier alpha value is -0.0300. The topological polar surface area (TPSA) is 44.4 Å². The molecule has 20 heavy (non-hydrogen) atoms. The second-order valence-corrected chi connectivity index (χ2v) is 5.82. The van der Waals surface area contributed by atoms with Gasteiger partial charge in [0.1, 0.15) is 0 Å². The molecule has 1 aliphatic heterocycles. The molecule has 1 aliphatic carbocycles. The maximum absolute atomic E-state index is 11.6. The van der Waals surface area contributed by atoms with Gasteiger partial charge in [-0.2, -0.15) is 0 Å². The van der Waals surface area contributed by atoms with Crippen molar-refractivity contribution in [1.29, 1.82) is 0 Å². The van der Waals surface area contributed by atoms with E-state index in [1.54, 1.807) is 0 Å². The van der Waals surface area contributed by atoms with Crippen LogP contribution in [0.4, 0.5) is 0 Å². The van der Waals surface area contributed by atoms with Crippen LogP contribution in [-0.2, 0) is 4.79 Å². The Balaban J connectivity index is 0.00000180. The van der Waals surface area contributed by atoms with Crippen molar-refractivity contribution >= 4 is 30.7 Å². The number of nitrogens with one attached hydrogen (secondary N) is 2. The quantitative estimate of drug-likeness (QED) is 0.783. The molecule has 1 unspecified atom stereocenters. The fourth-order valence-electron chi connectivity index (χ4n) is 3.21. The number of rotatable bonds is 6. The van der Waals surface area contributed by atoms with Gasteiger partial charge in [0.2, 0.25) is 5.91 Å². The lowest BCUT2D eigenvalue weighted by Crippen LogP contribution is -2.38. The van der Waals surface area contributed by atoms with Crippen molar-refractivity contribution in [2.75, 3.05) is 33.2 Å². The minimum atomic E-state index is 0. The molecule has 2 fully saturated rings. The number of halogens is 2. The Kier molecular flexibility index (Phi) is 10.6. The third-order valence-corrected chi connectivity index (χ3v) is 4.23. The molecule has 2 aliphatic rings. The average molecular weight is 326 g/mol. The van der Waals surface area contributed by atoms with Gasteiger partial charge in [-0.15, -0.1) is 24.8 Å². The van der Waals surface area contributed by atoms with Crippen LogP contribution in [0, 0.1) is 5.92 Å². The van der Waals surface area contributed by atoms with Crippen LogP contribution in [0.15, 0.2) is 0 Å². The van der Waals surface area contributed by atoms with E-state index in [2.05, 4.69) is 15.5 Å². The minimum absolute atomic E-state index is 0. The molecule has 2 rings (SSSR count). The summed E-state index contributed by atoms with van der Waals surface area (Å²) in [6.45, 7) is 4.24. The Bertz CT molecular complexity index is 273. The summed E-state index contributed by atoms with van der Waals surface area (Å²) in [5.41, 5.74) is 0. The van der Waals surface area contributed by atoms with Gasteiger partial charge in [-0.05, 0) is 32.2 Å². The van der Waals surface area contributed by atoms with E-state index in [1.807, 2.05) is 7.05 Å². The van der Waals surface area contributed by atoms with Crippen molar-refractivity contribution in [3.05, 3.63) is 0 Å². The maximum Gasteiger partial charge on any atom is 0.221 e. The van der Waals surface area contributed by atoms with E-state index in [-0.39, 0.29) is 30.7 Å².